The molecule has 0 bridgehead atoms. The highest BCUT2D eigenvalue weighted by molar-refractivity contribution is 5.86. The normalized spacial score (nSPS) is 15.0. The predicted molar refractivity (Wildman–Crippen MR) is 88.7 cm³/mol. The minimum atomic E-state index is 0.325. The van der Waals surface area contributed by atoms with Gasteiger partial charge in [0.25, 0.3) is 0 Å². The first kappa shape index (κ1) is 13.7. The van der Waals surface area contributed by atoms with Crippen LogP contribution in [0.4, 0.5) is 0 Å². The van der Waals surface area contributed by atoms with Crippen LogP contribution in [0, 0.1) is 20.8 Å². The topological polar surface area (TPSA) is 25.2 Å². The lowest BCUT2D eigenvalue weighted by Crippen LogP contribution is -2.03. The van der Waals surface area contributed by atoms with Crippen molar-refractivity contribution >= 4 is 10.9 Å². The Morgan fingerprint density at radius 3 is 2.76 bits per heavy atom. The fourth-order valence-electron chi connectivity index (χ4n) is 2.95. The van der Waals surface area contributed by atoms with Gasteiger partial charge in [0.2, 0.25) is 0 Å². The number of hydrogen-bond donors (Lipinski definition) is 1. The number of aliphatic hydroxyl groups is 1. The molecule has 1 aromatic heterocycles. The number of hydrogen-bond acceptors (Lipinski definition) is 1. The van der Waals surface area contributed by atoms with Crippen LogP contribution >= 0.6 is 0 Å². The standard InChI is InChI=1S/C19H21NO/c1-13-7-10-19-18(11-13)14(2)15(3)20(19)12-16-5-4-6-17(21)9-8-16/h4,6-11,21H,5,12H2,1-3H3. The Bertz CT molecular complexity index is 787. The van der Waals surface area contributed by atoms with E-state index < -0.39 is 0 Å². The Labute approximate surface area is 125 Å². The van der Waals surface area contributed by atoms with E-state index in [0.717, 1.165) is 13.0 Å². The van der Waals surface area contributed by atoms with E-state index in [4.69, 9.17) is 0 Å². The SMILES string of the molecule is Cc1ccc2c(c1)c(C)c(C)n2CC1=CC=C(O)C=CC1. The molecule has 3 rings (SSSR count). The monoisotopic (exact) mass is 279 g/mol. The van der Waals surface area contributed by atoms with Crippen LogP contribution in [0.15, 0.2) is 53.8 Å². The molecule has 0 spiro atoms. The van der Waals surface area contributed by atoms with Crippen molar-refractivity contribution in [2.45, 2.75) is 33.7 Å². The van der Waals surface area contributed by atoms with Crippen molar-refractivity contribution in [2.24, 2.45) is 0 Å². The van der Waals surface area contributed by atoms with Gasteiger partial charge in [0, 0.05) is 23.1 Å². The molecule has 1 N–H and O–H groups in total. The average molecular weight is 279 g/mol. The molecular formula is C19H21NO. The molecule has 1 aliphatic carbocycles. The van der Waals surface area contributed by atoms with Gasteiger partial charge in [-0.05, 0) is 62.6 Å². The summed E-state index contributed by atoms with van der Waals surface area (Å²) < 4.78 is 2.37. The summed E-state index contributed by atoms with van der Waals surface area (Å²) in [7, 11) is 0. The summed E-state index contributed by atoms with van der Waals surface area (Å²) in [6, 6.07) is 6.65. The molecule has 0 amide bonds. The largest absolute Gasteiger partial charge is 0.508 e. The van der Waals surface area contributed by atoms with E-state index in [1.54, 1.807) is 12.2 Å². The van der Waals surface area contributed by atoms with Crippen molar-refractivity contribution in [1.29, 1.82) is 0 Å². The number of nitrogens with zero attached hydrogens (tertiary/aromatic N) is 1. The lowest BCUT2D eigenvalue weighted by Gasteiger charge is -2.10. The highest BCUT2D eigenvalue weighted by Crippen LogP contribution is 2.27. The van der Waals surface area contributed by atoms with Gasteiger partial charge >= 0.3 is 0 Å². The second-order valence-corrected chi connectivity index (χ2v) is 5.84. The van der Waals surface area contributed by atoms with Gasteiger partial charge in [-0.2, -0.15) is 0 Å². The first-order valence-corrected chi connectivity index (χ1v) is 7.37. The smallest absolute Gasteiger partial charge is 0.115 e. The Balaban J connectivity index is 2.05. The summed E-state index contributed by atoms with van der Waals surface area (Å²) >= 11 is 0. The first-order valence-electron chi connectivity index (χ1n) is 7.37. The van der Waals surface area contributed by atoms with Crippen LogP contribution in [0.1, 0.15) is 23.2 Å². The highest BCUT2D eigenvalue weighted by atomic mass is 16.3. The van der Waals surface area contributed by atoms with E-state index in [2.05, 4.69) is 43.5 Å². The van der Waals surface area contributed by atoms with Gasteiger partial charge in [-0.15, -0.1) is 0 Å². The third kappa shape index (κ3) is 2.54. The Morgan fingerprint density at radius 2 is 1.95 bits per heavy atom. The molecule has 0 saturated carbocycles. The van der Waals surface area contributed by atoms with Crippen molar-refractivity contribution in [3.63, 3.8) is 0 Å². The van der Waals surface area contributed by atoms with Gasteiger partial charge in [-0.1, -0.05) is 23.8 Å². The molecule has 0 aliphatic heterocycles. The summed E-state index contributed by atoms with van der Waals surface area (Å²) in [4.78, 5) is 0. The van der Waals surface area contributed by atoms with Crippen molar-refractivity contribution < 1.29 is 5.11 Å². The van der Waals surface area contributed by atoms with E-state index in [1.165, 1.54) is 33.3 Å². The lowest BCUT2D eigenvalue weighted by atomic mass is 10.1. The first-order chi connectivity index (χ1) is 10.1. The molecule has 0 atom stereocenters. The summed E-state index contributed by atoms with van der Waals surface area (Å²) in [6.45, 7) is 7.39. The van der Waals surface area contributed by atoms with E-state index in [0.29, 0.717) is 5.76 Å². The number of allylic oxidation sites excluding steroid dienone is 5. The Morgan fingerprint density at radius 1 is 1.14 bits per heavy atom. The van der Waals surface area contributed by atoms with Gasteiger partial charge in [0.15, 0.2) is 0 Å². The Kier molecular flexibility index (Phi) is 3.46. The number of benzene rings is 1. The van der Waals surface area contributed by atoms with Gasteiger partial charge in [-0.25, -0.2) is 0 Å². The zero-order valence-corrected chi connectivity index (χ0v) is 12.9. The Hall–Kier alpha value is -2.22. The molecule has 2 nitrogen and oxygen atoms in total. The van der Waals surface area contributed by atoms with Gasteiger partial charge in [-0.3, -0.25) is 0 Å². The average Bonchev–Trinajstić information content (AvgIpc) is 2.62. The number of aryl methyl sites for hydroxylation is 2. The molecule has 2 heteroatoms. The third-order valence-corrected chi connectivity index (χ3v) is 4.31. The van der Waals surface area contributed by atoms with Crippen molar-refractivity contribution in [2.75, 3.05) is 0 Å². The van der Waals surface area contributed by atoms with Crippen LogP contribution in [-0.2, 0) is 6.54 Å². The molecule has 0 radical (unpaired) electrons. The molecule has 2 aromatic rings. The van der Waals surface area contributed by atoms with Crippen LogP contribution in [0.5, 0.6) is 0 Å². The molecular weight excluding hydrogens is 258 g/mol. The van der Waals surface area contributed by atoms with Crippen LogP contribution in [0.3, 0.4) is 0 Å². The van der Waals surface area contributed by atoms with Crippen molar-refractivity contribution in [3.05, 3.63) is 70.7 Å². The third-order valence-electron chi connectivity index (χ3n) is 4.31. The molecule has 21 heavy (non-hydrogen) atoms. The van der Waals surface area contributed by atoms with E-state index >= 15 is 0 Å². The predicted octanol–water partition coefficient (Wildman–Crippen LogP) is 4.89. The summed E-state index contributed by atoms with van der Waals surface area (Å²) in [5.41, 5.74) is 6.57. The van der Waals surface area contributed by atoms with Crippen LogP contribution < -0.4 is 0 Å². The molecule has 0 saturated heterocycles. The summed E-state index contributed by atoms with van der Waals surface area (Å²) in [5, 5.41) is 10.9. The van der Waals surface area contributed by atoms with Crippen LogP contribution in [-0.4, -0.2) is 9.67 Å². The number of aliphatic hydroxyl groups excluding tert-OH is 1. The molecule has 1 aliphatic rings. The molecule has 0 fully saturated rings. The zero-order valence-electron chi connectivity index (χ0n) is 12.9. The van der Waals surface area contributed by atoms with Gasteiger partial charge in [0.1, 0.15) is 5.76 Å². The highest BCUT2D eigenvalue weighted by Gasteiger charge is 2.12. The van der Waals surface area contributed by atoms with Crippen molar-refractivity contribution in [3.8, 4) is 0 Å². The number of aromatic nitrogens is 1. The maximum atomic E-state index is 9.56. The summed E-state index contributed by atoms with van der Waals surface area (Å²) in [5.74, 6) is 0.325. The molecule has 1 heterocycles. The fraction of sp³-hybridized carbons (Fsp3) is 0.263. The van der Waals surface area contributed by atoms with Crippen molar-refractivity contribution in [1.82, 2.24) is 4.57 Å². The quantitative estimate of drug-likeness (QED) is 0.831. The summed E-state index contributed by atoms with van der Waals surface area (Å²) in [6.07, 6.45) is 8.47. The zero-order chi connectivity index (χ0) is 15.0. The molecule has 1 aromatic carbocycles. The second kappa shape index (κ2) is 5.28. The van der Waals surface area contributed by atoms with E-state index in [9.17, 15) is 5.11 Å². The second-order valence-electron chi connectivity index (χ2n) is 5.84. The molecule has 0 unspecified atom stereocenters. The fourth-order valence-corrected chi connectivity index (χ4v) is 2.95. The van der Waals surface area contributed by atoms with Crippen LogP contribution in [0.2, 0.25) is 0 Å². The lowest BCUT2D eigenvalue weighted by molar-refractivity contribution is 0.432. The van der Waals surface area contributed by atoms with E-state index in [1.807, 2.05) is 12.2 Å². The maximum absolute atomic E-state index is 9.56. The van der Waals surface area contributed by atoms with Crippen LogP contribution in [0.25, 0.3) is 10.9 Å². The van der Waals surface area contributed by atoms with Gasteiger partial charge in [0.05, 0.1) is 0 Å². The van der Waals surface area contributed by atoms with E-state index in [-0.39, 0.29) is 0 Å². The minimum Gasteiger partial charge on any atom is -0.508 e. The maximum Gasteiger partial charge on any atom is 0.115 e. The number of rotatable bonds is 2. The minimum absolute atomic E-state index is 0.325. The molecule has 108 valence electrons. The number of fused-ring (bicyclic) bond motifs is 1. The van der Waals surface area contributed by atoms with Gasteiger partial charge < -0.3 is 9.67 Å².